The van der Waals surface area contributed by atoms with Crippen molar-refractivity contribution in [2.75, 3.05) is 25.5 Å². The molecule has 2 heterocycles. The van der Waals surface area contributed by atoms with Crippen molar-refractivity contribution in [1.29, 1.82) is 0 Å². The number of aromatic nitrogens is 2. The number of allylic oxidation sites excluding steroid dienone is 1. The van der Waals surface area contributed by atoms with Crippen LogP contribution >= 0.6 is 0 Å². The average molecular weight is 514 g/mol. The molecular weight excluding hydrogens is 490 g/mol. The van der Waals surface area contributed by atoms with E-state index in [1.165, 1.54) is 38.4 Å². The van der Waals surface area contributed by atoms with Gasteiger partial charge in [0.25, 0.3) is 11.8 Å². The number of aliphatic imine (C=N–C) groups is 1. The molecule has 13 heteroatoms. The van der Waals surface area contributed by atoms with Crippen LogP contribution in [0.15, 0.2) is 47.3 Å². The first-order chi connectivity index (χ1) is 16.8. The van der Waals surface area contributed by atoms with Crippen molar-refractivity contribution in [3.05, 3.63) is 59.4 Å². The highest BCUT2D eigenvalue weighted by Gasteiger charge is 2.46. The quantitative estimate of drug-likeness (QED) is 0.345. The summed E-state index contributed by atoms with van der Waals surface area (Å²) in [5, 5.41) is 2.76. The van der Waals surface area contributed by atoms with Gasteiger partial charge < -0.3 is 16.0 Å². The van der Waals surface area contributed by atoms with Crippen LogP contribution in [-0.2, 0) is 11.0 Å². The topological polar surface area (TPSA) is 96.5 Å². The number of hydrogen-bond acceptors (Lipinski definition) is 6. The van der Waals surface area contributed by atoms with Gasteiger partial charge in [-0.1, -0.05) is 19.1 Å². The summed E-state index contributed by atoms with van der Waals surface area (Å²) in [7, 11) is 1.41. The van der Waals surface area contributed by atoms with E-state index in [9.17, 15) is 31.1 Å². The molecular formula is C23H24F6N6O. The van der Waals surface area contributed by atoms with Crippen LogP contribution in [0.1, 0.15) is 24.6 Å². The van der Waals surface area contributed by atoms with Crippen molar-refractivity contribution in [2.24, 2.45) is 16.6 Å². The molecule has 2 atom stereocenters. The summed E-state index contributed by atoms with van der Waals surface area (Å²) < 4.78 is 80.9. The number of likely N-dealkylation sites (tertiary alicyclic amines) is 1. The number of benzene rings is 1. The first-order valence-electron chi connectivity index (χ1n) is 10.8. The standard InChI is InChI=1S/C23H24F6N6O/c1-13-7-22(25,26)12-35(17(13)9-33-19-11-32-18(10-34-19)23(27,28)29)21(36)20(30)16(8-31-2)14-4-3-5-15(24)6-14/h3-6,8,10-11,13,17H,7,9,12,30H2,1-2H3,(H,33,34). The molecule has 1 saturated heterocycles. The fourth-order valence-electron chi connectivity index (χ4n) is 4.01. The van der Waals surface area contributed by atoms with Crippen LogP contribution in [0.3, 0.4) is 0 Å². The maximum Gasteiger partial charge on any atom is 0.434 e. The van der Waals surface area contributed by atoms with Crippen LogP contribution in [0.4, 0.5) is 32.2 Å². The van der Waals surface area contributed by atoms with Gasteiger partial charge in [0.2, 0.25) is 0 Å². The van der Waals surface area contributed by atoms with Crippen LogP contribution in [0, 0.1) is 11.7 Å². The lowest BCUT2D eigenvalue weighted by Gasteiger charge is -2.43. The van der Waals surface area contributed by atoms with Gasteiger partial charge in [0, 0.05) is 31.8 Å². The van der Waals surface area contributed by atoms with Crippen molar-refractivity contribution >= 4 is 23.5 Å². The van der Waals surface area contributed by atoms with Gasteiger partial charge in [-0.2, -0.15) is 13.2 Å². The molecule has 2 aromatic rings. The van der Waals surface area contributed by atoms with Gasteiger partial charge in [-0.05, 0) is 23.6 Å². The first kappa shape index (κ1) is 27.0. The van der Waals surface area contributed by atoms with Crippen molar-refractivity contribution in [3.8, 4) is 0 Å². The molecule has 0 bridgehead atoms. The molecule has 3 N–H and O–H groups in total. The molecule has 2 unspecified atom stereocenters. The van der Waals surface area contributed by atoms with Crippen LogP contribution < -0.4 is 11.1 Å². The average Bonchev–Trinajstić information content (AvgIpc) is 2.80. The van der Waals surface area contributed by atoms with Crippen LogP contribution in [0.2, 0.25) is 0 Å². The number of rotatable bonds is 6. The van der Waals surface area contributed by atoms with Gasteiger partial charge in [-0.25, -0.2) is 23.1 Å². The fraction of sp³-hybridized carbons (Fsp3) is 0.391. The first-order valence-corrected chi connectivity index (χ1v) is 10.8. The van der Waals surface area contributed by atoms with Gasteiger partial charge in [-0.3, -0.25) is 9.79 Å². The Morgan fingerprint density at radius 2 is 2.03 bits per heavy atom. The van der Waals surface area contributed by atoms with E-state index in [0.29, 0.717) is 6.20 Å². The zero-order valence-corrected chi connectivity index (χ0v) is 19.4. The molecule has 0 aliphatic carbocycles. The van der Waals surface area contributed by atoms with Gasteiger partial charge in [0.1, 0.15) is 17.3 Å². The summed E-state index contributed by atoms with van der Waals surface area (Å²) in [5.41, 5.74) is 4.80. The molecule has 0 spiro atoms. The second-order valence-corrected chi connectivity index (χ2v) is 8.43. The normalized spacial score (nSPS) is 20.8. The number of hydrogen-bond donors (Lipinski definition) is 2. The van der Waals surface area contributed by atoms with E-state index in [1.807, 2.05) is 0 Å². The molecule has 36 heavy (non-hydrogen) atoms. The molecule has 3 rings (SSSR count). The number of alkyl halides is 5. The zero-order valence-electron chi connectivity index (χ0n) is 19.4. The van der Waals surface area contributed by atoms with E-state index < -0.39 is 60.1 Å². The smallest absolute Gasteiger partial charge is 0.394 e. The minimum Gasteiger partial charge on any atom is -0.394 e. The Morgan fingerprint density at radius 3 is 2.61 bits per heavy atom. The van der Waals surface area contributed by atoms with E-state index in [0.717, 1.165) is 17.2 Å². The molecule has 1 aliphatic rings. The lowest BCUT2D eigenvalue weighted by Crippen LogP contribution is -2.58. The summed E-state index contributed by atoms with van der Waals surface area (Å²) in [6, 6.07) is 4.41. The third kappa shape index (κ3) is 6.32. The summed E-state index contributed by atoms with van der Waals surface area (Å²) >= 11 is 0. The van der Waals surface area contributed by atoms with Crippen molar-refractivity contribution in [3.63, 3.8) is 0 Å². The van der Waals surface area contributed by atoms with Gasteiger partial charge in [0.15, 0.2) is 5.69 Å². The summed E-state index contributed by atoms with van der Waals surface area (Å²) in [6.45, 7) is 0.494. The minimum absolute atomic E-state index is 0.0259. The van der Waals surface area contributed by atoms with E-state index in [2.05, 4.69) is 20.3 Å². The maximum atomic E-state index is 14.5. The second-order valence-electron chi connectivity index (χ2n) is 8.43. The Labute approximate surface area is 203 Å². The third-order valence-electron chi connectivity index (χ3n) is 5.69. The largest absolute Gasteiger partial charge is 0.434 e. The highest BCUT2D eigenvalue weighted by atomic mass is 19.4. The van der Waals surface area contributed by atoms with Gasteiger partial charge in [0.05, 0.1) is 25.0 Å². The molecule has 7 nitrogen and oxygen atoms in total. The lowest BCUT2D eigenvalue weighted by atomic mass is 9.88. The highest BCUT2D eigenvalue weighted by molar-refractivity contribution is 6.18. The second kappa shape index (κ2) is 10.5. The van der Waals surface area contributed by atoms with E-state index >= 15 is 0 Å². The number of piperidine rings is 1. The third-order valence-corrected chi connectivity index (χ3v) is 5.69. The number of nitrogens with one attached hydrogen (secondary N) is 1. The predicted molar refractivity (Wildman–Crippen MR) is 122 cm³/mol. The Kier molecular flexibility index (Phi) is 7.89. The Hall–Kier alpha value is -3.64. The maximum absolute atomic E-state index is 14.5. The van der Waals surface area contributed by atoms with Crippen molar-refractivity contribution in [1.82, 2.24) is 14.9 Å². The molecule has 1 aromatic carbocycles. The highest BCUT2D eigenvalue weighted by Crippen LogP contribution is 2.35. The monoisotopic (exact) mass is 514 g/mol. The van der Waals surface area contributed by atoms with Gasteiger partial charge >= 0.3 is 6.18 Å². The van der Waals surface area contributed by atoms with Gasteiger partial charge in [-0.15, -0.1) is 0 Å². The number of carbonyl (C=O) groups excluding carboxylic acids is 1. The number of nitrogens with zero attached hydrogens (tertiary/aromatic N) is 4. The molecule has 1 aromatic heterocycles. The molecule has 0 saturated carbocycles. The Balaban J connectivity index is 1.90. The minimum atomic E-state index is -4.66. The number of carbonyl (C=O) groups is 1. The number of amides is 1. The SMILES string of the molecule is CN=CC(=C(N)C(=O)N1CC(F)(F)CC(C)C1CNc1cnc(C(F)(F)F)cn1)c1cccc(F)c1. The lowest BCUT2D eigenvalue weighted by molar-refractivity contribution is -0.148. The Morgan fingerprint density at radius 1 is 1.31 bits per heavy atom. The molecule has 1 amide bonds. The zero-order chi connectivity index (χ0) is 26.7. The summed E-state index contributed by atoms with van der Waals surface area (Å²) in [4.78, 5) is 25.1. The van der Waals surface area contributed by atoms with E-state index in [1.54, 1.807) is 0 Å². The molecule has 194 valence electrons. The Bertz CT molecular complexity index is 1150. The molecule has 0 radical (unpaired) electrons. The van der Waals surface area contributed by atoms with Crippen LogP contribution in [0.25, 0.3) is 5.57 Å². The van der Waals surface area contributed by atoms with E-state index in [-0.39, 0.29) is 23.5 Å². The summed E-state index contributed by atoms with van der Waals surface area (Å²) in [6.07, 6.45) is -2.54. The fourth-order valence-corrected chi connectivity index (χ4v) is 4.01. The number of nitrogens with two attached hydrogens (primary N) is 1. The molecule has 1 fully saturated rings. The predicted octanol–water partition coefficient (Wildman–Crippen LogP) is 3.99. The van der Waals surface area contributed by atoms with Crippen LogP contribution in [-0.4, -0.2) is 59.1 Å². The van der Waals surface area contributed by atoms with Crippen molar-refractivity contribution in [2.45, 2.75) is 31.5 Å². The van der Waals surface area contributed by atoms with Crippen molar-refractivity contribution < 1.29 is 31.1 Å². The van der Waals surface area contributed by atoms with Crippen LogP contribution in [0.5, 0.6) is 0 Å². The number of anilines is 1. The molecule has 1 aliphatic heterocycles. The van der Waals surface area contributed by atoms with E-state index in [4.69, 9.17) is 5.73 Å². The summed E-state index contributed by atoms with van der Waals surface area (Å²) in [5.74, 6) is -5.43. The number of halogens is 6.